The molecule has 1 saturated heterocycles. The molecule has 0 aromatic carbocycles. The molecule has 2 heteroatoms. The maximum Gasteiger partial charge on any atom is 0.119 e. The van der Waals surface area contributed by atoms with Crippen molar-refractivity contribution in [3.63, 3.8) is 0 Å². The summed E-state index contributed by atoms with van der Waals surface area (Å²) in [6.45, 7) is 3.55. The van der Waals surface area contributed by atoms with Gasteiger partial charge in [-0.15, -0.1) is 0 Å². The van der Waals surface area contributed by atoms with Crippen LogP contribution < -0.4 is 5.32 Å². The number of nitrogens with one attached hydrogen (secondary N) is 1. The molecule has 15 heavy (non-hydrogen) atoms. The SMILES string of the molecule is CC1CCC2(CC1)NCCC(C1CC1)O2. The van der Waals surface area contributed by atoms with Crippen LogP contribution in [0, 0.1) is 11.8 Å². The lowest BCUT2D eigenvalue weighted by atomic mass is 9.83. The Morgan fingerprint density at radius 2 is 1.80 bits per heavy atom. The van der Waals surface area contributed by atoms with E-state index < -0.39 is 0 Å². The predicted octanol–water partition coefficient (Wildman–Crippen LogP) is 2.68. The van der Waals surface area contributed by atoms with Gasteiger partial charge in [0.1, 0.15) is 5.72 Å². The molecule has 1 unspecified atom stereocenters. The second-order valence-electron chi connectivity index (χ2n) is 5.89. The van der Waals surface area contributed by atoms with Crippen molar-refractivity contribution in [1.82, 2.24) is 5.32 Å². The van der Waals surface area contributed by atoms with Gasteiger partial charge in [-0.2, -0.15) is 0 Å². The minimum absolute atomic E-state index is 0.0814. The molecule has 1 atom stereocenters. The number of rotatable bonds is 1. The minimum Gasteiger partial charge on any atom is -0.357 e. The van der Waals surface area contributed by atoms with Crippen molar-refractivity contribution in [2.75, 3.05) is 6.54 Å². The van der Waals surface area contributed by atoms with Gasteiger partial charge in [-0.3, -0.25) is 5.32 Å². The summed E-state index contributed by atoms with van der Waals surface area (Å²) in [5, 5.41) is 3.65. The molecule has 0 bridgehead atoms. The summed E-state index contributed by atoms with van der Waals surface area (Å²) in [4.78, 5) is 0. The van der Waals surface area contributed by atoms with E-state index in [1.54, 1.807) is 0 Å². The van der Waals surface area contributed by atoms with Crippen LogP contribution in [0.1, 0.15) is 51.9 Å². The molecule has 0 aromatic rings. The minimum atomic E-state index is 0.0814. The van der Waals surface area contributed by atoms with Gasteiger partial charge in [-0.05, 0) is 56.8 Å². The van der Waals surface area contributed by atoms with Crippen molar-refractivity contribution in [3.05, 3.63) is 0 Å². The zero-order valence-electron chi connectivity index (χ0n) is 9.80. The molecule has 2 saturated carbocycles. The molecule has 1 N–H and O–H groups in total. The number of hydrogen-bond acceptors (Lipinski definition) is 2. The fraction of sp³-hybridized carbons (Fsp3) is 1.00. The Kier molecular flexibility index (Phi) is 2.52. The van der Waals surface area contributed by atoms with Crippen LogP contribution >= 0.6 is 0 Å². The lowest BCUT2D eigenvalue weighted by molar-refractivity contribution is -0.169. The zero-order chi connectivity index (χ0) is 10.3. The first kappa shape index (κ1) is 10.1. The molecule has 0 radical (unpaired) electrons. The predicted molar refractivity (Wildman–Crippen MR) is 60.6 cm³/mol. The molecular weight excluding hydrogens is 186 g/mol. The summed E-state index contributed by atoms with van der Waals surface area (Å²) in [7, 11) is 0. The number of ether oxygens (including phenoxy) is 1. The Hall–Kier alpha value is -0.0800. The third-order valence-corrected chi connectivity index (χ3v) is 4.48. The summed E-state index contributed by atoms with van der Waals surface area (Å²) >= 11 is 0. The second-order valence-corrected chi connectivity index (χ2v) is 5.89. The highest BCUT2D eigenvalue weighted by Crippen LogP contribution is 2.42. The van der Waals surface area contributed by atoms with E-state index in [1.165, 1.54) is 51.5 Å². The lowest BCUT2D eigenvalue weighted by Gasteiger charge is -2.46. The van der Waals surface area contributed by atoms with Crippen LogP contribution in [-0.2, 0) is 4.74 Å². The summed E-state index contributed by atoms with van der Waals surface area (Å²) in [5.74, 6) is 1.81. The molecule has 86 valence electrons. The van der Waals surface area contributed by atoms with Crippen molar-refractivity contribution in [1.29, 1.82) is 0 Å². The zero-order valence-corrected chi connectivity index (χ0v) is 9.80. The normalized spacial score (nSPS) is 47.0. The van der Waals surface area contributed by atoms with Gasteiger partial charge >= 0.3 is 0 Å². The van der Waals surface area contributed by atoms with Gasteiger partial charge in [0.15, 0.2) is 0 Å². The molecule has 2 nitrogen and oxygen atoms in total. The third kappa shape index (κ3) is 2.07. The second kappa shape index (κ2) is 3.74. The summed E-state index contributed by atoms with van der Waals surface area (Å²) in [6.07, 6.45) is 9.79. The first-order chi connectivity index (χ1) is 7.27. The van der Waals surface area contributed by atoms with Gasteiger partial charge in [0.05, 0.1) is 6.10 Å². The van der Waals surface area contributed by atoms with E-state index in [0.717, 1.165) is 11.8 Å². The van der Waals surface area contributed by atoms with Gasteiger partial charge in [0, 0.05) is 6.54 Å². The summed E-state index contributed by atoms with van der Waals surface area (Å²) < 4.78 is 6.38. The largest absolute Gasteiger partial charge is 0.357 e. The highest BCUT2D eigenvalue weighted by Gasteiger charge is 2.43. The fourth-order valence-corrected chi connectivity index (χ4v) is 3.16. The van der Waals surface area contributed by atoms with Crippen molar-refractivity contribution >= 4 is 0 Å². The van der Waals surface area contributed by atoms with Crippen LogP contribution in [0.3, 0.4) is 0 Å². The Morgan fingerprint density at radius 3 is 2.47 bits per heavy atom. The standard InChI is InChI=1S/C13H23NO/c1-10-4-7-13(8-5-10)14-9-6-12(15-13)11-2-3-11/h10-12,14H,2-9H2,1H3. The lowest BCUT2D eigenvalue weighted by Crippen LogP contribution is -2.56. The van der Waals surface area contributed by atoms with Crippen LogP contribution in [0.15, 0.2) is 0 Å². The number of hydrogen-bond donors (Lipinski definition) is 1. The van der Waals surface area contributed by atoms with Gasteiger partial charge in [0.2, 0.25) is 0 Å². The van der Waals surface area contributed by atoms with Gasteiger partial charge in [0.25, 0.3) is 0 Å². The van der Waals surface area contributed by atoms with Crippen molar-refractivity contribution in [2.45, 2.75) is 63.7 Å². The van der Waals surface area contributed by atoms with Crippen LogP contribution in [0.4, 0.5) is 0 Å². The van der Waals surface area contributed by atoms with E-state index in [0.29, 0.717) is 6.10 Å². The van der Waals surface area contributed by atoms with E-state index in [1.807, 2.05) is 0 Å². The smallest absolute Gasteiger partial charge is 0.119 e. The first-order valence-electron chi connectivity index (χ1n) is 6.70. The first-order valence-corrected chi connectivity index (χ1v) is 6.70. The van der Waals surface area contributed by atoms with Crippen LogP contribution in [0.2, 0.25) is 0 Å². The molecule has 0 aromatic heterocycles. The fourth-order valence-electron chi connectivity index (χ4n) is 3.16. The van der Waals surface area contributed by atoms with Gasteiger partial charge in [-0.25, -0.2) is 0 Å². The Morgan fingerprint density at radius 1 is 1.07 bits per heavy atom. The topological polar surface area (TPSA) is 21.3 Å². The van der Waals surface area contributed by atoms with Crippen molar-refractivity contribution in [3.8, 4) is 0 Å². The van der Waals surface area contributed by atoms with Crippen LogP contribution in [0.25, 0.3) is 0 Å². The molecule has 3 rings (SSSR count). The monoisotopic (exact) mass is 209 g/mol. The van der Waals surface area contributed by atoms with E-state index in [2.05, 4.69) is 12.2 Å². The Labute approximate surface area is 92.8 Å². The summed E-state index contributed by atoms with van der Waals surface area (Å²) in [6, 6.07) is 0. The van der Waals surface area contributed by atoms with E-state index in [9.17, 15) is 0 Å². The van der Waals surface area contributed by atoms with Gasteiger partial charge < -0.3 is 4.74 Å². The van der Waals surface area contributed by atoms with Crippen molar-refractivity contribution in [2.24, 2.45) is 11.8 Å². The Bertz CT molecular complexity index is 229. The highest BCUT2D eigenvalue weighted by molar-refractivity contribution is 4.93. The molecular formula is C13H23NO. The molecule has 1 spiro atoms. The molecule has 2 aliphatic carbocycles. The molecule has 1 heterocycles. The maximum atomic E-state index is 6.38. The third-order valence-electron chi connectivity index (χ3n) is 4.48. The maximum absolute atomic E-state index is 6.38. The molecule has 3 fully saturated rings. The Balaban J connectivity index is 1.64. The van der Waals surface area contributed by atoms with E-state index in [4.69, 9.17) is 4.74 Å². The average Bonchev–Trinajstić information content (AvgIpc) is 3.07. The molecule has 0 amide bonds. The highest BCUT2D eigenvalue weighted by atomic mass is 16.5. The van der Waals surface area contributed by atoms with Crippen LogP contribution in [0.5, 0.6) is 0 Å². The summed E-state index contributed by atoms with van der Waals surface area (Å²) in [5.41, 5.74) is 0.0814. The molecule has 3 aliphatic rings. The van der Waals surface area contributed by atoms with E-state index >= 15 is 0 Å². The van der Waals surface area contributed by atoms with Crippen LogP contribution in [-0.4, -0.2) is 18.4 Å². The van der Waals surface area contributed by atoms with Crippen molar-refractivity contribution < 1.29 is 4.74 Å². The average molecular weight is 209 g/mol. The van der Waals surface area contributed by atoms with E-state index in [-0.39, 0.29) is 5.72 Å². The van der Waals surface area contributed by atoms with Gasteiger partial charge in [-0.1, -0.05) is 6.92 Å². The molecule has 1 aliphatic heterocycles. The quantitative estimate of drug-likeness (QED) is 0.717.